The Kier molecular flexibility index (Phi) is 5.56. The fourth-order valence-corrected chi connectivity index (χ4v) is 4.82. The third-order valence-corrected chi connectivity index (χ3v) is 6.84. The van der Waals surface area contributed by atoms with Gasteiger partial charge in [-0.2, -0.15) is 9.97 Å². The summed E-state index contributed by atoms with van der Waals surface area (Å²) in [5.74, 6) is -3.57. The van der Waals surface area contributed by atoms with E-state index < -0.39 is 39.3 Å². The normalized spacial score (nSPS) is 17.4. The first-order valence-electron chi connectivity index (χ1n) is 9.44. The number of hydrogen-bond acceptors (Lipinski definition) is 8. The van der Waals surface area contributed by atoms with E-state index in [2.05, 4.69) is 20.3 Å². The monoisotopic (exact) mass is 472 g/mol. The number of benzene rings is 1. The van der Waals surface area contributed by atoms with Gasteiger partial charge in [-0.05, 0) is 18.6 Å². The second kappa shape index (κ2) is 7.92. The molecule has 0 amide bonds. The second-order valence-electron chi connectivity index (χ2n) is 7.50. The van der Waals surface area contributed by atoms with E-state index in [4.69, 9.17) is 11.6 Å². The number of hydrogen-bond donors (Lipinski definition) is 1. The zero-order chi connectivity index (χ0) is 22.4. The van der Waals surface area contributed by atoms with Crippen LogP contribution in [0.15, 0.2) is 29.4 Å². The lowest BCUT2D eigenvalue weighted by Crippen LogP contribution is -2.27. The first-order chi connectivity index (χ1) is 14.6. The number of aromatic nitrogens is 5. The molecule has 1 atom stereocenters. The summed E-state index contributed by atoms with van der Waals surface area (Å²) in [4.78, 5) is 9.45. The van der Waals surface area contributed by atoms with Crippen LogP contribution in [-0.4, -0.2) is 69.4 Å². The van der Waals surface area contributed by atoms with E-state index >= 15 is 0 Å². The third kappa shape index (κ3) is 4.46. The van der Waals surface area contributed by atoms with Gasteiger partial charge >= 0.3 is 0 Å². The van der Waals surface area contributed by atoms with Crippen LogP contribution in [0.4, 0.5) is 14.6 Å². The lowest BCUT2D eigenvalue weighted by atomic mass is 10.2. The van der Waals surface area contributed by atoms with E-state index in [1.807, 2.05) is 0 Å². The number of sulfone groups is 1. The van der Waals surface area contributed by atoms with Gasteiger partial charge in [0.2, 0.25) is 9.84 Å². The molecular formula is C18H19ClF2N6O3S. The lowest BCUT2D eigenvalue weighted by molar-refractivity contribution is 0.0257. The van der Waals surface area contributed by atoms with Gasteiger partial charge in [-0.25, -0.2) is 21.9 Å². The maximum absolute atomic E-state index is 13.8. The van der Waals surface area contributed by atoms with Crippen LogP contribution in [0.1, 0.15) is 18.9 Å². The second-order valence-corrected chi connectivity index (χ2v) is 9.83. The van der Waals surface area contributed by atoms with Crippen LogP contribution in [0.25, 0.3) is 11.2 Å². The van der Waals surface area contributed by atoms with Gasteiger partial charge in [0.15, 0.2) is 17.0 Å². The molecule has 0 bridgehead atoms. The lowest BCUT2D eigenvalue weighted by Gasteiger charge is -2.18. The Hall–Kier alpha value is -2.44. The Balaban J connectivity index is 1.86. The average molecular weight is 473 g/mol. The molecule has 0 radical (unpaired) electrons. The predicted octanol–water partition coefficient (Wildman–Crippen LogP) is 1.92. The zero-order valence-electron chi connectivity index (χ0n) is 16.4. The molecular weight excluding hydrogens is 454 g/mol. The van der Waals surface area contributed by atoms with Crippen LogP contribution in [-0.2, 0) is 16.4 Å². The minimum Gasteiger partial charge on any atom is -0.392 e. The quantitative estimate of drug-likeness (QED) is 0.541. The van der Waals surface area contributed by atoms with Crippen molar-refractivity contribution in [2.24, 2.45) is 0 Å². The standard InChI is InChI=1S/C18H19ClF2N6O3S/c1-11(28)9-31(29,30)17-22-15(26-7-6-18(20,21)10-26)14-16(23-17)27(25-24-14)8-12-4-2-3-5-13(12)19/h2-5,11,28H,6-10H2,1H3. The van der Waals surface area contributed by atoms with Gasteiger partial charge < -0.3 is 10.0 Å². The Labute approximate surface area is 181 Å². The topological polar surface area (TPSA) is 114 Å². The summed E-state index contributed by atoms with van der Waals surface area (Å²) in [5, 5.41) is 17.5. The number of halogens is 3. The molecule has 1 saturated heterocycles. The summed E-state index contributed by atoms with van der Waals surface area (Å²) in [7, 11) is -4.09. The summed E-state index contributed by atoms with van der Waals surface area (Å²) in [6, 6.07) is 7.01. The maximum Gasteiger partial charge on any atom is 0.266 e. The van der Waals surface area contributed by atoms with Crippen molar-refractivity contribution in [3.8, 4) is 0 Å². The molecule has 166 valence electrons. The summed E-state index contributed by atoms with van der Waals surface area (Å²) < 4.78 is 54.4. The number of rotatable bonds is 6. The van der Waals surface area contributed by atoms with Crippen molar-refractivity contribution < 1.29 is 22.3 Å². The van der Waals surface area contributed by atoms with Gasteiger partial charge in [-0.3, -0.25) is 0 Å². The molecule has 1 N–H and O–H groups in total. The van der Waals surface area contributed by atoms with Gasteiger partial charge in [0.1, 0.15) is 0 Å². The third-order valence-electron chi connectivity index (χ3n) is 4.81. The molecule has 1 unspecified atom stereocenters. The Morgan fingerprint density at radius 2 is 2.03 bits per heavy atom. The van der Waals surface area contributed by atoms with E-state index in [9.17, 15) is 22.3 Å². The average Bonchev–Trinajstić information content (AvgIpc) is 3.25. The van der Waals surface area contributed by atoms with Crippen molar-refractivity contribution in [3.05, 3.63) is 34.9 Å². The first-order valence-corrected chi connectivity index (χ1v) is 11.5. The molecule has 9 nitrogen and oxygen atoms in total. The Morgan fingerprint density at radius 1 is 1.29 bits per heavy atom. The highest BCUT2D eigenvalue weighted by Crippen LogP contribution is 2.33. The van der Waals surface area contributed by atoms with Gasteiger partial charge in [0.25, 0.3) is 11.1 Å². The fraction of sp³-hybridized carbons (Fsp3) is 0.444. The molecule has 0 spiro atoms. The molecule has 1 fully saturated rings. The maximum atomic E-state index is 13.8. The molecule has 4 rings (SSSR count). The van der Waals surface area contributed by atoms with Crippen molar-refractivity contribution in [2.75, 3.05) is 23.7 Å². The molecule has 1 aromatic carbocycles. The van der Waals surface area contributed by atoms with E-state index in [-0.39, 0.29) is 36.5 Å². The highest BCUT2D eigenvalue weighted by atomic mass is 35.5. The highest BCUT2D eigenvalue weighted by Gasteiger charge is 2.40. The Morgan fingerprint density at radius 3 is 2.68 bits per heavy atom. The van der Waals surface area contributed by atoms with Gasteiger partial charge in [0, 0.05) is 18.0 Å². The molecule has 1 aliphatic rings. The van der Waals surface area contributed by atoms with Crippen molar-refractivity contribution in [1.82, 2.24) is 25.0 Å². The highest BCUT2D eigenvalue weighted by molar-refractivity contribution is 7.91. The van der Waals surface area contributed by atoms with Crippen LogP contribution >= 0.6 is 11.6 Å². The number of nitrogens with zero attached hydrogens (tertiary/aromatic N) is 6. The summed E-state index contributed by atoms with van der Waals surface area (Å²) >= 11 is 6.21. The molecule has 31 heavy (non-hydrogen) atoms. The summed E-state index contributed by atoms with van der Waals surface area (Å²) in [6.45, 7) is 0.818. The SMILES string of the molecule is CC(O)CS(=O)(=O)c1nc(N2CCC(F)(F)C2)c2nnn(Cc3ccccc3Cl)c2n1. The number of aliphatic hydroxyl groups is 1. The van der Waals surface area contributed by atoms with Crippen molar-refractivity contribution in [1.29, 1.82) is 0 Å². The van der Waals surface area contributed by atoms with Crippen LogP contribution in [0.2, 0.25) is 5.02 Å². The smallest absolute Gasteiger partial charge is 0.266 e. The zero-order valence-corrected chi connectivity index (χ0v) is 18.0. The molecule has 13 heteroatoms. The van der Waals surface area contributed by atoms with Crippen LogP contribution in [0.3, 0.4) is 0 Å². The largest absolute Gasteiger partial charge is 0.392 e. The van der Waals surface area contributed by atoms with Gasteiger partial charge in [-0.15, -0.1) is 5.10 Å². The van der Waals surface area contributed by atoms with Gasteiger partial charge in [0.05, 0.1) is 24.9 Å². The predicted molar refractivity (Wildman–Crippen MR) is 109 cm³/mol. The molecule has 0 aliphatic carbocycles. The summed E-state index contributed by atoms with van der Waals surface area (Å²) in [5.41, 5.74) is 0.877. The minimum atomic E-state index is -4.09. The number of alkyl halides is 2. The van der Waals surface area contributed by atoms with Crippen molar-refractivity contribution in [2.45, 2.75) is 37.1 Å². The van der Waals surface area contributed by atoms with E-state index in [1.165, 1.54) is 16.5 Å². The first kappa shape index (κ1) is 21.8. The van der Waals surface area contributed by atoms with E-state index in [0.29, 0.717) is 10.6 Å². The van der Waals surface area contributed by atoms with Crippen LogP contribution in [0, 0.1) is 0 Å². The molecule has 3 aromatic rings. The number of anilines is 1. The number of aliphatic hydroxyl groups excluding tert-OH is 1. The number of fused-ring (bicyclic) bond motifs is 1. The Bertz CT molecular complexity index is 1230. The molecule has 1 aliphatic heterocycles. The summed E-state index contributed by atoms with van der Waals surface area (Å²) in [6.07, 6.45) is -1.54. The van der Waals surface area contributed by atoms with Crippen molar-refractivity contribution in [3.63, 3.8) is 0 Å². The molecule has 2 aromatic heterocycles. The molecule has 3 heterocycles. The van der Waals surface area contributed by atoms with E-state index in [0.717, 1.165) is 0 Å². The van der Waals surface area contributed by atoms with Gasteiger partial charge in [-0.1, -0.05) is 35.0 Å². The van der Waals surface area contributed by atoms with Crippen molar-refractivity contribution >= 4 is 38.4 Å². The van der Waals surface area contributed by atoms with Crippen LogP contribution < -0.4 is 4.90 Å². The minimum absolute atomic E-state index is 0.0215. The van der Waals surface area contributed by atoms with E-state index in [1.54, 1.807) is 24.3 Å². The fourth-order valence-electron chi connectivity index (χ4n) is 3.39. The molecule has 0 saturated carbocycles. The van der Waals surface area contributed by atoms with Crippen LogP contribution in [0.5, 0.6) is 0 Å².